The van der Waals surface area contributed by atoms with Crippen molar-refractivity contribution in [2.24, 2.45) is 0 Å². The van der Waals surface area contributed by atoms with Crippen LogP contribution in [0.3, 0.4) is 0 Å². The maximum atomic E-state index is 9.79. The second-order valence-corrected chi connectivity index (χ2v) is 7.68. The zero-order valence-corrected chi connectivity index (χ0v) is 17.6. The van der Waals surface area contributed by atoms with Gasteiger partial charge in [0.15, 0.2) is 0 Å². The Morgan fingerprint density at radius 3 is 1.03 bits per heavy atom. The summed E-state index contributed by atoms with van der Waals surface area (Å²) in [4.78, 5) is 2.20. The van der Waals surface area contributed by atoms with Gasteiger partial charge in [0.25, 0.3) is 0 Å². The summed E-state index contributed by atoms with van der Waals surface area (Å²) < 4.78 is 0. The van der Waals surface area contributed by atoms with E-state index in [1.807, 2.05) is 24.3 Å². The zero-order chi connectivity index (χ0) is 21.8. The van der Waals surface area contributed by atoms with Gasteiger partial charge in [0.2, 0.25) is 0 Å². The Kier molecular flexibility index (Phi) is 5.42. The van der Waals surface area contributed by atoms with Gasteiger partial charge in [-0.1, -0.05) is 84.9 Å². The lowest BCUT2D eigenvalue weighted by Crippen LogP contribution is -2.09. The summed E-state index contributed by atoms with van der Waals surface area (Å²) >= 11 is 0. The van der Waals surface area contributed by atoms with Gasteiger partial charge in [0, 0.05) is 17.1 Å². The molecule has 0 aliphatic heterocycles. The fraction of sp³-hybridized carbons (Fsp3) is 0. The van der Waals surface area contributed by atoms with Gasteiger partial charge in [-0.15, -0.1) is 0 Å². The van der Waals surface area contributed by atoms with Crippen molar-refractivity contribution in [3.8, 4) is 28.0 Å². The van der Waals surface area contributed by atoms with Crippen molar-refractivity contribution < 1.29 is 5.11 Å². The van der Waals surface area contributed by atoms with E-state index >= 15 is 0 Å². The largest absolute Gasteiger partial charge is 0.508 e. The smallest absolute Gasteiger partial charge is 0.115 e. The molecule has 0 radical (unpaired) electrons. The Morgan fingerprint density at radius 2 is 0.656 bits per heavy atom. The zero-order valence-electron chi connectivity index (χ0n) is 17.6. The van der Waals surface area contributed by atoms with Crippen molar-refractivity contribution in [1.29, 1.82) is 0 Å². The molecule has 0 aliphatic carbocycles. The molecule has 1 N–H and O–H groups in total. The molecule has 2 nitrogen and oxygen atoms in total. The molecule has 0 unspecified atom stereocenters. The molecule has 0 aromatic heterocycles. The van der Waals surface area contributed by atoms with Crippen molar-refractivity contribution in [2.45, 2.75) is 0 Å². The standard InChI is InChI=1S/C30H23NO/c32-30-21-19-29(20-22-30)31(27-15-11-25(12-16-27)23-7-3-1-4-8-23)28-17-13-26(14-18-28)24-9-5-2-6-10-24/h1-22,32H. The van der Waals surface area contributed by atoms with Crippen molar-refractivity contribution >= 4 is 17.1 Å². The van der Waals surface area contributed by atoms with E-state index in [1.54, 1.807) is 12.1 Å². The molecule has 2 heteroatoms. The maximum absolute atomic E-state index is 9.79. The molecule has 0 atom stereocenters. The molecular formula is C30H23NO. The van der Waals surface area contributed by atoms with Crippen LogP contribution in [0.4, 0.5) is 17.1 Å². The number of nitrogens with zero attached hydrogens (tertiary/aromatic N) is 1. The molecular weight excluding hydrogens is 390 g/mol. The molecule has 0 aliphatic rings. The molecule has 0 fully saturated rings. The van der Waals surface area contributed by atoms with Crippen LogP contribution in [0.25, 0.3) is 22.3 Å². The van der Waals surface area contributed by atoms with Gasteiger partial charge in [-0.2, -0.15) is 0 Å². The van der Waals surface area contributed by atoms with E-state index in [9.17, 15) is 5.11 Å². The number of aromatic hydroxyl groups is 1. The predicted molar refractivity (Wildman–Crippen MR) is 134 cm³/mol. The first kappa shape index (κ1) is 19.7. The Hall–Kier alpha value is -4.30. The summed E-state index contributed by atoms with van der Waals surface area (Å²) in [6.45, 7) is 0. The lowest BCUT2D eigenvalue weighted by atomic mass is 10.0. The van der Waals surface area contributed by atoms with Gasteiger partial charge in [0.05, 0.1) is 0 Å². The van der Waals surface area contributed by atoms with Gasteiger partial charge in [0.1, 0.15) is 5.75 Å². The third-order valence-electron chi connectivity index (χ3n) is 5.57. The van der Waals surface area contributed by atoms with Crippen LogP contribution in [0.2, 0.25) is 0 Å². The van der Waals surface area contributed by atoms with E-state index in [4.69, 9.17) is 0 Å². The number of phenols is 1. The highest BCUT2D eigenvalue weighted by molar-refractivity contribution is 5.79. The van der Waals surface area contributed by atoms with Crippen LogP contribution >= 0.6 is 0 Å². The van der Waals surface area contributed by atoms with Crippen molar-refractivity contribution in [1.82, 2.24) is 0 Å². The van der Waals surface area contributed by atoms with Gasteiger partial charge < -0.3 is 10.0 Å². The Balaban J connectivity index is 1.53. The number of benzene rings is 5. The van der Waals surface area contributed by atoms with E-state index < -0.39 is 0 Å². The quantitative estimate of drug-likeness (QED) is 0.314. The molecule has 0 bridgehead atoms. The molecule has 5 aromatic rings. The van der Waals surface area contributed by atoms with Gasteiger partial charge in [-0.3, -0.25) is 0 Å². The molecule has 32 heavy (non-hydrogen) atoms. The lowest BCUT2D eigenvalue weighted by Gasteiger charge is -2.26. The summed E-state index contributed by atoms with van der Waals surface area (Å²) in [5.74, 6) is 0.257. The SMILES string of the molecule is Oc1ccc(N(c2ccc(-c3ccccc3)cc2)c2ccc(-c3ccccc3)cc2)cc1. The Labute approximate surface area is 188 Å². The Bertz CT molecular complexity index is 1190. The van der Waals surface area contributed by atoms with Gasteiger partial charge in [-0.05, 0) is 70.8 Å². The summed E-state index contributed by atoms with van der Waals surface area (Å²) in [7, 11) is 0. The molecule has 5 aromatic carbocycles. The molecule has 0 amide bonds. The number of hydrogen-bond acceptors (Lipinski definition) is 2. The van der Waals surface area contributed by atoms with E-state index in [0.29, 0.717) is 0 Å². The number of phenolic OH excluding ortho intramolecular Hbond substituents is 1. The minimum Gasteiger partial charge on any atom is -0.508 e. The lowest BCUT2D eigenvalue weighted by molar-refractivity contribution is 0.475. The number of rotatable bonds is 5. The highest BCUT2D eigenvalue weighted by Crippen LogP contribution is 2.37. The first-order valence-electron chi connectivity index (χ1n) is 10.7. The highest BCUT2D eigenvalue weighted by atomic mass is 16.3. The van der Waals surface area contributed by atoms with Crippen LogP contribution in [-0.2, 0) is 0 Å². The summed E-state index contributed by atoms with van der Waals surface area (Å²) in [6.07, 6.45) is 0. The average Bonchev–Trinajstić information content (AvgIpc) is 2.87. The predicted octanol–water partition coefficient (Wildman–Crippen LogP) is 8.20. The van der Waals surface area contributed by atoms with E-state index in [1.165, 1.54) is 22.3 Å². The normalized spacial score (nSPS) is 10.6. The van der Waals surface area contributed by atoms with Crippen molar-refractivity contribution in [2.75, 3.05) is 4.90 Å². The van der Waals surface area contributed by atoms with Crippen LogP contribution in [0.5, 0.6) is 5.75 Å². The van der Waals surface area contributed by atoms with E-state index in [0.717, 1.165) is 17.1 Å². The van der Waals surface area contributed by atoms with Gasteiger partial charge in [-0.25, -0.2) is 0 Å². The maximum Gasteiger partial charge on any atom is 0.115 e. The molecule has 0 heterocycles. The Morgan fingerprint density at radius 1 is 0.344 bits per heavy atom. The minimum atomic E-state index is 0.257. The summed E-state index contributed by atoms with van der Waals surface area (Å²) in [6, 6.07) is 45.2. The fourth-order valence-electron chi connectivity index (χ4n) is 3.92. The third-order valence-corrected chi connectivity index (χ3v) is 5.57. The van der Waals surface area contributed by atoms with Gasteiger partial charge >= 0.3 is 0 Å². The van der Waals surface area contributed by atoms with Crippen LogP contribution < -0.4 is 4.90 Å². The molecule has 0 spiro atoms. The third kappa shape index (κ3) is 4.12. The second kappa shape index (κ2) is 8.83. The summed E-state index contributed by atoms with van der Waals surface area (Å²) in [5, 5.41) is 9.79. The topological polar surface area (TPSA) is 23.5 Å². The average molecular weight is 414 g/mol. The molecule has 0 saturated carbocycles. The summed E-state index contributed by atoms with van der Waals surface area (Å²) in [5.41, 5.74) is 7.86. The number of anilines is 3. The van der Waals surface area contributed by atoms with Crippen LogP contribution in [-0.4, -0.2) is 5.11 Å². The van der Waals surface area contributed by atoms with Crippen LogP contribution in [0.1, 0.15) is 0 Å². The fourth-order valence-corrected chi connectivity index (χ4v) is 3.92. The molecule has 0 saturated heterocycles. The highest BCUT2D eigenvalue weighted by Gasteiger charge is 2.13. The first-order valence-corrected chi connectivity index (χ1v) is 10.7. The number of hydrogen-bond donors (Lipinski definition) is 1. The molecule has 5 rings (SSSR count). The van der Waals surface area contributed by atoms with Crippen LogP contribution in [0, 0.1) is 0 Å². The second-order valence-electron chi connectivity index (χ2n) is 7.68. The van der Waals surface area contributed by atoms with Crippen molar-refractivity contribution in [3.63, 3.8) is 0 Å². The van der Waals surface area contributed by atoms with E-state index in [2.05, 4.69) is 102 Å². The van der Waals surface area contributed by atoms with Crippen molar-refractivity contribution in [3.05, 3.63) is 133 Å². The molecule has 154 valence electrons. The van der Waals surface area contributed by atoms with E-state index in [-0.39, 0.29) is 5.75 Å². The van der Waals surface area contributed by atoms with Crippen LogP contribution in [0.15, 0.2) is 133 Å². The minimum absolute atomic E-state index is 0.257. The monoisotopic (exact) mass is 413 g/mol. The first-order chi connectivity index (χ1) is 15.8.